The lowest BCUT2D eigenvalue weighted by Gasteiger charge is -2.25. The Balaban J connectivity index is 2.74. The largest absolute Gasteiger partial charge is 0.497 e. The van der Waals surface area contributed by atoms with Gasteiger partial charge in [0.2, 0.25) is 0 Å². The zero-order chi connectivity index (χ0) is 12.8. The van der Waals surface area contributed by atoms with Crippen molar-refractivity contribution in [2.45, 2.75) is 31.8 Å². The van der Waals surface area contributed by atoms with Crippen LogP contribution in [0.25, 0.3) is 0 Å². The van der Waals surface area contributed by atoms with E-state index < -0.39 is 0 Å². The summed E-state index contributed by atoms with van der Waals surface area (Å²) in [5, 5.41) is 0. The van der Waals surface area contributed by atoms with Crippen molar-refractivity contribution in [1.29, 1.82) is 0 Å². The first-order valence-corrected chi connectivity index (χ1v) is 6.10. The highest BCUT2D eigenvalue weighted by molar-refractivity contribution is 5.29. The van der Waals surface area contributed by atoms with Gasteiger partial charge in [0, 0.05) is 12.1 Å². The summed E-state index contributed by atoms with van der Waals surface area (Å²) in [6.07, 6.45) is 2.12. The predicted octanol–water partition coefficient (Wildman–Crippen LogP) is 2.43. The van der Waals surface area contributed by atoms with Crippen LogP contribution in [0.2, 0.25) is 0 Å². The van der Waals surface area contributed by atoms with Crippen LogP contribution in [0.4, 0.5) is 0 Å². The van der Waals surface area contributed by atoms with E-state index >= 15 is 0 Å². The van der Waals surface area contributed by atoms with Gasteiger partial charge < -0.3 is 15.4 Å². The molecule has 3 nitrogen and oxygen atoms in total. The maximum atomic E-state index is 5.83. The maximum absolute atomic E-state index is 5.83. The Bertz CT molecular complexity index is 319. The number of nitrogens with zero attached hydrogens (tertiary/aromatic N) is 1. The first-order chi connectivity index (χ1) is 8.04. The van der Waals surface area contributed by atoms with E-state index in [2.05, 4.69) is 38.1 Å². The van der Waals surface area contributed by atoms with Gasteiger partial charge in [0.25, 0.3) is 0 Å². The normalized spacial score (nSPS) is 14.7. The minimum absolute atomic E-state index is 0.260. The second-order valence-corrected chi connectivity index (χ2v) is 4.81. The molecule has 0 heterocycles. The molecule has 2 N–H and O–H groups in total. The average molecular weight is 236 g/mol. The molecule has 0 saturated carbocycles. The topological polar surface area (TPSA) is 38.5 Å². The van der Waals surface area contributed by atoms with E-state index in [9.17, 15) is 0 Å². The van der Waals surface area contributed by atoms with Crippen LogP contribution in [-0.2, 0) is 0 Å². The third-order valence-electron chi connectivity index (χ3n) is 3.02. The van der Waals surface area contributed by atoms with Gasteiger partial charge in [-0.15, -0.1) is 0 Å². The number of rotatable bonds is 6. The molecular weight excluding hydrogens is 212 g/mol. The van der Waals surface area contributed by atoms with Crippen molar-refractivity contribution < 1.29 is 4.74 Å². The molecule has 0 saturated heterocycles. The zero-order valence-electron chi connectivity index (χ0n) is 11.3. The zero-order valence-corrected chi connectivity index (χ0v) is 11.3. The lowest BCUT2D eigenvalue weighted by molar-refractivity contribution is 0.274. The summed E-state index contributed by atoms with van der Waals surface area (Å²) in [6, 6.07) is 8.97. The Morgan fingerprint density at radius 3 is 2.18 bits per heavy atom. The van der Waals surface area contributed by atoms with E-state index in [-0.39, 0.29) is 6.04 Å². The summed E-state index contributed by atoms with van der Waals surface area (Å²) >= 11 is 0. The summed E-state index contributed by atoms with van der Waals surface area (Å²) in [4.78, 5) is 2.24. The minimum Gasteiger partial charge on any atom is -0.497 e. The van der Waals surface area contributed by atoms with E-state index in [0.29, 0.717) is 6.04 Å². The van der Waals surface area contributed by atoms with Crippen LogP contribution in [0.3, 0.4) is 0 Å². The van der Waals surface area contributed by atoms with Crippen molar-refractivity contribution in [3.63, 3.8) is 0 Å². The molecule has 2 atom stereocenters. The molecule has 0 radical (unpaired) electrons. The molecule has 0 aliphatic heterocycles. The van der Waals surface area contributed by atoms with E-state index in [0.717, 1.165) is 18.6 Å². The summed E-state index contributed by atoms with van der Waals surface area (Å²) in [5.74, 6) is 0.901. The Labute approximate surface area is 105 Å². The van der Waals surface area contributed by atoms with Gasteiger partial charge in [0.1, 0.15) is 5.75 Å². The molecular formula is C14H24N2O. The molecule has 2 unspecified atom stereocenters. The quantitative estimate of drug-likeness (QED) is 0.824. The minimum atomic E-state index is 0.260. The SMILES string of the molecule is COc1ccc(C(CCC(C)N)N(C)C)cc1. The number of hydrogen-bond acceptors (Lipinski definition) is 3. The average Bonchev–Trinajstić information content (AvgIpc) is 2.29. The van der Waals surface area contributed by atoms with E-state index in [1.165, 1.54) is 5.56 Å². The molecule has 0 aliphatic rings. The molecule has 0 spiro atoms. The lowest BCUT2D eigenvalue weighted by atomic mass is 9.99. The molecule has 1 rings (SSSR count). The van der Waals surface area contributed by atoms with Gasteiger partial charge in [0.15, 0.2) is 0 Å². The van der Waals surface area contributed by atoms with Crippen molar-refractivity contribution in [2.24, 2.45) is 5.73 Å². The lowest BCUT2D eigenvalue weighted by Crippen LogP contribution is -2.23. The van der Waals surface area contributed by atoms with Crippen LogP contribution in [0.15, 0.2) is 24.3 Å². The highest BCUT2D eigenvalue weighted by atomic mass is 16.5. The Morgan fingerprint density at radius 1 is 1.18 bits per heavy atom. The van der Waals surface area contributed by atoms with Gasteiger partial charge in [-0.2, -0.15) is 0 Å². The molecule has 0 fully saturated rings. The number of hydrogen-bond donors (Lipinski definition) is 1. The van der Waals surface area contributed by atoms with Gasteiger partial charge in [-0.1, -0.05) is 12.1 Å². The van der Waals surface area contributed by atoms with E-state index in [4.69, 9.17) is 10.5 Å². The highest BCUT2D eigenvalue weighted by Gasteiger charge is 2.14. The smallest absolute Gasteiger partial charge is 0.118 e. The fourth-order valence-corrected chi connectivity index (χ4v) is 1.97. The van der Waals surface area contributed by atoms with E-state index in [1.807, 2.05) is 12.1 Å². The van der Waals surface area contributed by atoms with Crippen molar-refractivity contribution in [2.75, 3.05) is 21.2 Å². The summed E-state index contributed by atoms with van der Waals surface area (Å²) in [7, 11) is 5.90. The number of benzene rings is 1. The maximum Gasteiger partial charge on any atom is 0.118 e. The van der Waals surface area contributed by atoms with Crippen LogP contribution in [0.5, 0.6) is 5.75 Å². The third kappa shape index (κ3) is 4.36. The molecule has 3 heteroatoms. The second kappa shape index (κ2) is 6.62. The molecule has 0 aliphatic carbocycles. The highest BCUT2D eigenvalue weighted by Crippen LogP contribution is 2.25. The molecule has 0 bridgehead atoms. The van der Waals surface area contributed by atoms with Crippen LogP contribution < -0.4 is 10.5 Å². The van der Waals surface area contributed by atoms with Crippen molar-refractivity contribution in [1.82, 2.24) is 4.90 Å². The van der Waals surface area contributed by atoms with Gasteiger partial charge in [-0.05, 0) is 51.6 Å². The predicted molar refractivity (Wildman–Crippen MR) is 72.3 cm³/mol. The van der Waals surface area contributed by atoms with Crippen molar-refractivity contribution >= 4 is 0 Å². The fraction of sp³-hybridized carbons (Fsp3) is 0.571. The first kappa shape index (κ1) is 14.0. The van der Waals surface area contributed by atoms with Gasteiger partial charge in [-0.3, -0.25) is 0 Å². The molecule has 0 aromatic heterocycles. The van der Waals surface area contributed by atoms with Gasteiger partial charge >= 0.3 is 0 Å². The molecule has 17 heavy (non-hydrogen) atoms. The number of nitrogens with two attached hydrogens (primary N) is 1. The fourth-order valence-electron chi connectivity index (χ4n) is 1.97. The standard InChI is InChI=1S/C14H24N2O/c1-11(15)5-10-14(16(2)3)12-6-8-13(17-4)9-7-12/h6-9,11,14H,5,10,15H2,1-4H3. The van der Waals surface area contributed by atoms with Crippen molar-refractivity contribution in [3.8, 4) is 5.75 Å². The van der Waals surface area contributed by atoms with Gasteiger partial charge in [-0.25, -0.2) is 0 Å². The van der Waals surface area contributed by atoms with Crippen LogP contribution in [0, 0.1) is 0 Å². The molecule has 96 valence electrons. The molecule has 1 aromatic rings. The number of methoxy groups -OCH3 is 1. The van der Waals surface area contributed by atoms with Crippen LogP contribution in [0.1, 0.15) is 31.4 Å². The monoisotopic (exact) mass is 236 g/mol. The summed E-state index contributed by atoms with van der Waals surface area (Å²) in [5.41, 5.74) is 7.14. The van der Waals surface area contributed by atoms with Crippen LogP contribution in [-0.4, -0.2) is 32.1 Å². The second-order valence-electron chi connectivity index (χ2n) is 4.81. The molecule has 1 aromatic carbocycles. The Morgan fingerprint density at radius 2 is 1.76 bits per heavy atom. The third-order valence-corrected chi connectivity index (χ3v) is 3.02. The van der Waals surface area contributed by atoms with Crippen LogP contribution >= 0.6 is 0 Å². The first-order valence-electron chi connectivity index (χ1n) is 6.10. The van der Waals surface area contributed by atoms with Gasteiger partial charge in [0.05, 0.1) is 7.11 Å². The molecule has 0 amide bonds. The Hall–Kier alpha value is -1.06. The van der Waals surface area contributed by atoms with Crippen molar-refractivity contribution in [3.05, 3.63) is 29.8 Å². The number of ether oxygens (including phenoxy) is 1. The van der Waals surface area contributed by atoms with E-state index in [1.54, 1.807) is 7.11 Å². The summed E-state index contributed by atoms with van der Waals surface area (Å²) < 4.78 is 5.17. The Kier molecular flexibility index (Phi) is 5.45. The summed E-state index contributed by atoms with van der Waals surface area (Å²) in [6.45, 7) is 2.06.